The minimum Gasteiger partial charge on any atom is -0.354 e. The first-order valence-electron chi connectivity index (χ1n) is 11.6. The summed E-state index contributed by atoms with van der Waals surface area (Å²) in [6.45, 7) is 3.33. The van der Waals surface area contributed by atoms with E-state index in [9.17, 15) is 14.4 Å². The maximum Gasteiger partial charge on any atom is 0.332 e. The molecule has 31 heavy (non-hydrogen) atoms. The van der Waals surface area contributed by atoms with Crippen LogP contribution in [-0.4, -0.2) is 54.7 Å². The molecule has 1 saturated heterocycles. The first-order chi connectivity index (χ1) is 14.9. The van der Waals surface area contributed by atoms with Crippen LogP contribution in [0.2, 0.25) is 0 Å². The zero-order valence-corrected chi connectivity index (χ0v) is 18.7. The lowest BCUT2D eigenvalue weighted by Crippen LogP contribution is -2.58. The van der Waals surface area contributed by atoms with Crippen LogP contribution in [0.25, 0.3) is 11.2 Å². The number of nitrogens with one attached hydrogen (secondary N) is 1. The molecule has 0 unspecified atom stereocenters. The Morgan fingerprint density at radius 2 is 1.71 bits per heavy atom. The third-order valence-corrected chi connectivity index (χ3v) is 7.22. The van der Waals surface area contributed by atoms with Crippen LogP contribution in [0.4, 0.5) is 0 Å². The molecule has 0 aromatic carbocycles. The van der Waals surface area contributed by atoms with Gasteiger partial charge in [-0.2, -0.15) is 0 Å². The van der Waals surface area contributed by atoms with Crippen molar-refractivity contribution < 1.29 is 4.79 Å². The van der Waals surface area contributed by atoms with E-state index < -0.39 is 5.69 Å². The minimum absolute atomic E-state index is 0.00884. The fourth-order valence-electron chi connectivity index (χ4n) is 5.32. The number of hydrogen-bond acceptors (Lipinski definition) is 5. The van der Waals surface area contributed by atoms with Gasteiger partial charge in [0.15, 0.2) is 11.2 Å². The SMILES string of the molecule is Cn1c(=O)c2c(ncn2CCC(=O)NCC2(N3CCCCC3)CCCCC2)n(C)c1=O. The van der Waals surface area contributed by atoms with E-state index in [0.717, 1.165) is 30.5 Å². The molecule has 2 aliphatic rings. The van der Waals surface area contributed by atoms with E-state index in [1.165, 1.54) is 56.5 Å². The Kier molecular flexibility index (Phi) is 6.31. The molecule has 1 aliphatic heterocycles. The van der Waals surface area contributed by atoms with Crippen molar-refractivity contribution >= 4 is 17.1 Å². The summed E-state index contributed by atoms with van der Waals surface area (Å²) in [4.78, 5) is 44.2. The van der Waals surface area contributed by atoms with Crippen LogP contribution >= 0.6 is 0 Å². The summed E-state index contributed by atoms with van der Waals surface area (Å²) in [5, 5.41) is 3.19. The summed E-state index contributed by atoms with van der Waals surface area (Å²) in [6.07, 6.45) is 11.7. The highest BCUT2D eigenvalue weighted by molar-refractivity contribution is 5.76. The highest BCUT2D eigenvalue weighted by atomic mass is 16.2. The topological polar surface area (TPSA) is 94.2 Å². The Morgan fingerprint density at radius 3 is 2.42 bits per heavy atom. The summed E-state index contributed by atoms with van der Waals surface area (Å²) >= 11 is 0. The van der Waals surface area contributed by atoms with Crippen LogP contribution in [0.15, 0.2) is 15.9 Å². The number of fused-ring (bicyclic) bond motifs is 1. The van der Waals surface area contributed by atoms with E-state index in [1.807, 2.05) is 0 Å². The summed E-state index contributed by atoms with van der Waals surface area (Å²) in [5.41, 5.74) is 0.0111. The Balaban J connectivity index is 1.42. The molecule has 9 nitrogen and oxygen atoms in total. The molecule has 4 rings (SSSR count). The van der Waals surface area contributed by atoms with Gasteiger partial charge < -0.3 is 9.88 Å². The van der Waals surface area contributed by atoms with Crippen molar-refractivity contribution in [1.29, 1.82) is 0 Å². The molecule has 170 valence electrons. The first-order valence-corrected chi connectivity index (χ1v) is 11.6. The summed E-state index contributed by atoms with van der Waals surface area (Å²) in [5.74, 6) is -0.00884. The Bertz CT molecular complexity index is 1050. The molecule has 1 saturated carbocycles. The van der Waals surface area contributed by atoms with Crippen molar-refractivity contribution in [1.82, 2.24) is 28.9 Å². The van der Waals surface area contributed by atoms with Gasteiger partial charge in [0.2, 0.25) is 5.91 Å². The van der Waals surface area contributed by atoms with E-state index >= 15 is 0 Å². The monoisotopic (exact) mass is 430 g/mol. The van der Waals surface area contributed by atoms with Gasteiger partial charge in [0.1, 0.15) is 0 Å². The fraction of sp³-hybridized carbons (Fsp3) is 0.727. The number of carbonyl (C=O) groups is 1. The number of hydrogen-bond donors (Lipinski definition) is 1. The second-order valence-corrected chi connectivity index (χ2v) is 9.18. The molecule has 0 atom stereocenters. The Morgan fingerprint density at radius 1 is 1.03 bits per heavy atom. The molecule has 9 heteroatoms. The molecular formula is C22H34N6O3. The summed E-state index contributed by atoms with van der Waals surface area (Å²) in [7, 11) is 3.05. The van der Waals surface area contributed by atoms with Crippen LogP contribution in [0.1, 0.15) is 57.8 Å². The second-order valence-electron chi connectivity index (χ2n) is 9.18. The number of imidazole rings is 1. The normalized spacial score (nSPS) is 19.5. The number of piperidine rings is 1. The van der Waals surface area contributed by atoms with Gasteiger partial charge in [0.05, 0.1) is 6.33 Å². The molecule has 1 amide bonds. The quantitative estimate of drug-likeness (QED) is 0.741. The molecular weight excluding hydrogens is 396 g/mol. The van der Waals surface area contributed by atoms with Crippen molar-refractivity contribution in [3.05, 3.63) is 27.2 Å². The largest absolute Gasteiger partial charge is 0.354 e. The minimum atomic E-state index is -0.406. The standard InChI is InChI=1S/C22H34N6O3/c1-25-19-18(20(30)26(2)21(25)31)27(16-24-19)14-9-17(29)23-15-22(10-5-3-6-11-22)28-12-7-4-8-13-28/h16H,3-15H2,1-2H3,(H,23,29). The van der Waals surface area contributed by atoms with Gasteiger partial charge >= 0.3 is 5.69 Å². The van der Waals surface area contributed by atoms with Crippen molar-refractivity contribution in [2.24, 2.45) is 14.1 Å². The molecule has 0 radical (unpaired) electrons. The predicted octanol–water partition coefficient (Wildman–Crippen LogP) is 1.13. The third kappa shape index (κ3) is 4.20. The predicted molar refractivity (Wildman–Crippen MR) is 119 cm³/mol. The highest BCUT2D eigenvalue weighted by Crippen LogP contribution is 2.35. The number of carbonyl (C=O) groups excluding carboxylic acids is 1. The molecule has 1 aliphatic carbocycles. The lowest BCUT2D eigenvalue weighted by atomic mass is 9.79. The molecule has 2 aromatic heterocycles. The molecule has 1 N–H and O–H groups in total. The number of likely N-dealkylation sites (tertiary alicyclic amines) is 1. The van der Waals surface area contributed by atoms with Gasteiger partial charge in [-0.1, -0.05) is 25.7 Å². The third-order valence-electron chi connectivity index (χ3n) is 7.22. The van der Waals surface area contributed by atoms with Crippen LogP contribution in [0.5, 0.6) is 0 Å². The molecule has 2 fully saturated rings. The van der Waals surface area contributed by atoms with Crippen LogP contribution in [0, 0.1) is 0 Å². The lowest BCUT2D eigenvalue weighted by Gasteiger charge is -2.48. The zero-order valence-electron chi connectivity index (χ0n) is 18.7. The van der Waals surface area contributed by atoms with Crippen LogP contribution < -0.4 is 16.6 Å². The van der Waals surface area contributed by atoms with Gasteiger partial charge in [-0.3, -0.25) is 23.6 Å². The fourth-order valence-corrected chi connectivity index (χ4v) is 5.32. The van der Waals surface area contributed by atoms with Crippen LogP contribution in [0.3, 0.4) is 0 Å². The van der Waals surface area contributed by atoms with Gasteiger partial charge in [-0.15, -0.1) is 0 Å². The van der Waals surface area contributed by atoms with E-state index in [2.05, 4.69) is 15.2 Å². The summed E-state index contributed by atoms with van der Waals surface area (Å²) < 4.78 is 4.11. The average molecular weight is 431 g/mol. The zero-order chi connectivity index (χ0) is 22.0. The van der Waals surface area contributed by atoms with E-state index in [4.69, 9.17) is 0 Å². The van der Waals surface area contributed by atoms with Gasteiger partial charge in [-0.05, 0) is 38.8 Å². The first kappa shape index (κ1) is 21.8. The molecule has 2 aromatic rings. The molecule has 0 bridgehead atoms. The van der Waals surface area contributed by atoms with Crippen molar-refractivity contribution in [3.63, 3.8) is 0 Å². The number of aromatic nitrogens is 4. The van der Waals surface area contributed by atoms with Crippen molar-refractivity contribution in [2.45, 2.75) is 69.9 Å². The van der Waals surface area contributed by atoms with Gasteiger partial charge in [0.25, 0.3) is 5.56 Å². The second kappa shape index (κ2) is 8.98. The van der Waals surface area contributed by atoms with Crippen LogP contribution in [-0.2, 0) is 25.4 Å². The van der Waals surface area contributed by atoms with Crippen molar-refractivity contribution in [2.75, 3.05) is 19.6 Å². The number of aryl methyl sites for hydroxylation is 2. The molecule has 0 spiro atoms. The van der Waals surface area contributed by atoms with E-state index in [1.54, 1.807) is 11.6 Å². The Hall–Kier alpha value is -2.42. The smallest absolute Gasteiger partial charge is 0.332 e. The number of amides is 1. The van der Waals surface area contributed by atoms with Gasteiger partial charge in [-0.25, -0.2) is 9.78 Å². The van der Waals surface area contributed by atoms with Gasteiger partial charge in [0, 0.05) is 39.1 Å². The Labute approximate surface area is 182 Å². The van der Waals surface area contributed by atoms with Crippen molar-refractivity contribution in [3.8, 4) is 0 Å². The van der Waals surface area contributed by atoms with E-state index in [0.29, 0.717) is 24.3 Å². The van der Waals surface area contributed by atoms with E-state index in [-0.39, 0.29) is 23.4 Å². The maximum atomic E-state index is 12.7. The summed E-state index contributed by atoms with van der Waals surface area (Å²) in [6, 6.07) is 0. The number of rotatable bonds is 6. The molecule has 3 heterocycles. The average Bonchev–Trinajstić information content (AvgIpc) is 3.24. The number of nitrogens with zero attached hydrogens (tertiary/aromatic N) is 5. The highest BCUT2D eigenvalue weighted by Gasteiger charge is 2.38. The maximum absolute atomic E-state index is 12.7. The lowest BCUT2D eigenvalue weighted by molar-refractivity contribution is -0.122.